The van der Waals surface area contributed by atoms with Crippen LogP contribution in [0.2, 0.25) is 0 Å². The fourth-order valence-corrected chi connectivity index (χ4v) is 3.64. The van der Waals surface area contributed by atoms with Gasteiger partial charge in [-0.25, -0.2) is 9.97 Å². The van der Waals surface area contributed by atoms with Crippen molar-refractivity contribution >= 4 is 16.6 Å². The Bertz CT molecular complexity index is 1340. The largest absolute Gasteiger partial charge is 0.340 e. The highest BCUT2D eigenvalue weighted by molar-refractivity contribution is 5.90. The minimum absolute atomic E-state index is 0.678. The molecule has 0 saturated heterocycles. The maximum absolute atomic E-state index is 4.88. The summed E-state index contributed by atoms with van der Waals surface area (Å²) in [4.78, 5) is 17.5. The lowest BCUT2D eigenvalue weighted by molar-refractivity contribution is 1.10. The number of pyridine rings is 2. The summed E-state index contributed by atoms with van der Waals surface area (Å²) < 4.78 is 0. The lowest BCUT2D eigenvalue weighted by Gasteiger charge is -2.04. The smallest absolute Gasteiger partial charge is 0.161 e. The number of allylic oxidation sites excluding steroid dienone is 7. The normalized spacial score (nSPS) is 13.1. The van der Waals surface area contributed by atoms with Crippen molar-refractivity contribution in [3.05, 3.63) is 90.4 Å². The van der Waals surface area contributed by atoms with Crippen LogP contribution in [0, 0.1) is 6.92 Å². The third-order valence-electron chi connectivity index (χ3n) is 5.07. The summed E-state index contributed by atoms with van der Waals surface area (Å²) in [6.07, 6.45) is 12.9. The summed E-state index contributed by atoms with van der Waals surface area (Å²) in [5.41, 5.74) is 7.96. The average molecular weight is 423 g/mol. The molecule has 0 spiro atoms. The highest BCUT2D eigenvalue weighted by atomic mass is 15.2. The first-order chi connectivity index (χ1) is 15.7. The van der Waals surface area contributed by atoms with Crippen molar-refractivity contribution in [1.82, 2.24) is 30.1 Å². The van der Waals surface area contributed by atoms with E-state index in [0.717, 1.165) is 51.4 Å². The Morgan fingerprint density at radius 3 is 2.69 bits per heavy atom. The number of imidazole rings is 1. The van der Waals surface area contributed by atoms with E-state index in [9.17, 15) is 0 Å². The minimum atomic E-state index is 0.678. The second kappa shape index (κ2) is 9.39. The van der Waals surface area contributed by atoms with Crippen LogP contribution in [-0.2, 0) is 0 Å². The van der Waals surface area contributed by atoms with Gasteiger partial charge in [-0.1, -0.05) is 56.9 Å². The van der Waals surface area contributed by atoms with Crippen LogP contribution in [0.1, 0.15) is 31.7 Å². The molecule has 0 aliphatic heterocycles. The molecule has 0 atom stereocenters. The molecule has 0 saturated carbocycles. The summed E-state index contributed by atoms with van der Waals surface area (Å²) in [6, 6.07) is 9.69. The van der Waals surface area contributed by atoms with E-state index in [1.54, 1.807) is 12.3 Å². The van der Waals surface area contributed by atoms with Gasteiger partial charge >= 0.3 is 0 Å². The number of hydrogen-bond donors (Lipinski definition) is 2. The molecule has 0 aromatic carbocycles. The van der Waals surface area contributed by atoms with Crippen LogP contribution in [0.3, 0.4) is 0 Å². The Morgan fingerprint density at radius 1 is 1.09 bits per heavy atom. The number of aromatic nitrogens is 6. The van der Waals surface area contributed by atoms with Crippen LogP contribution in [0.4, 0.5) is 0 Å². The fourth-order valence-electron chi connectivity index (χ4n) is 3.64. The molecule has 0 radical (unpaired) electrons. The monoisotopic (exact) mass is 422 g/mol. The van der Waals surface area contributed by atoms with Crippen molar-refractivity contribution in [3.8, 4) is 22.9 Å². The Labute approximate surface area is 187 Å². The molecule has 160 valence electrons. The summed E-state index contributed by atoms with van der Waals surface area (Å²) in [5.74, 6) is 0.678. The molecule has 0 amide bonds. The molecule has 1 aliphatic rings. The zero-order chi connectivity index (χ0) is 22.5. The first kappa shape index (κ1) is 21.2. The minimum Gasteiger partial charge on any atom is -0.340 e. The van der Waals surface area contributed by atoms with Gasteiger partial charge in [-0.15, -0.1) is 0 Å². The van der Waals surface area contributed by atoms with E-state index in [0.29, 0.717) is 11.5 Å². The van der Waals surface area contributed by atoms with Gasteiger partial charge < -0.3 is 4.98 Å². The van der Waals surface area contributed by atoms with Crippen LogP contribution in [0.5, 0.6) is 0 Å². The van der Waals surface area contributed by atoms with Crippen molar-refractivity contribution in [1.29, 1.82) is 0 Å². The number of nitrogens with one attached hydrogen (secondary N) is 2. The molecular formula is C26H26N6. The van der Waals surface area contributed by atoms with Gasteiger partial charge in [0.15, 0.2) is 11.5 Å². The number of aromatic amines is 2. The second-order valence-corrected chi connectivity index (χ2v) is 7.05. The van der Waals surface area contributed by atoms with E-state index in [4.69, 9.17) is 9.97 Å². The molecular weight excluding hydrogens is 396 g/mol. The van der Waals surface area contributed by atoms with Crippen LogP contribution < -0.4 is 0 Å². The summed E-state index contributed by atoms with van der Waals surface area (Å²) >= 11 is 0. The molecule has 5 rings (SSSR count). The predicted octanol–water partition coefficient (Wildman–Crippen LogP) is 6.20. The number of H-pyrrole nitrogens is 2. The van der Waals surface area contributed by atoms with Gasteiger partial charge in [0.05, 0.1) is 22.6 Å². The molecule has 4 aromatic heterocycles. The van der Waals surface area contributed by atoms with E-state index < -0.39 is 0 Å². The first-order valence-electron chi connectivity index (χ1n) is 10.8. The zero-order valence-electron chi connectivity index (χ0n) is 18.6. The third kappa shape index (κ3) is 3.95. The molecule has 0 unspecified atom stereocenters. The van der Waals surface area contributed by atoms with Crippen molar-refractivity contribution in [2.45, 2.75) is 27.2 Å². The number of rotatable bonds is 5. The van der Waals surface area contributed by atoms with E-state index in [1.807, 2.05) is 57.2 Å². The van der Waals surface area contributed by atoms with Gasteiger partial charge in [0.25, 0.3) is 0 Å². The zero-order valence-corrected chi connectivity index (χ0v) is 18.6. The SMILES string of the molecule is C=C/C=C(/C1=CCC=C1)c1nc(-c2n[nH]c3ccc(-c4ccccn4)nc23)[nH]c1C.CC. The Morgan fingerprint density at radius 2 is 1.97 bits per heavy atom. The highest BCUT2D eigenvalue weighted by Gasteiger charge is 2.19. The van der Waals surface area contributed by atoms with Gasteiger partial charge in [0.2, 0.25) is 0 Å². The fraction of sp³-hybridized carbons (Fsp3) is 0.154. The maximum Gasteiger partial charge on any atom is 0.161 e. The number of aryl methyl sites for hydroxylation is 1. The van der Waals surface area contributed by atoms with E-state index in [-0.39, 0.29) is 0 Å². The predicted molar refractivity (Wildman–Crippen MR) is 131 cm³/mol. The van der Waals surface area contributed by atoms with Gasteiger partial charge in [0, 0.05) is 17.5 Å². The van der Waals surface area contributed by atoms with E-state index in [2.05, 4.69) is 45.0 Å². The Hall–Kier alpha value is -4.06. The van der Waals surface area contributed by atoms with Crippen LogP contribution in [-0.4, -0.2) is 30.1 Å². The Kier molecular flexibility index (Phi) is 6.22. The maximum atomic E-state index is 4.88. The average Bonchev–Trinajstić information content (AvgIpc) is 3.59. The summed E-state index contributed by atoms with van der Waals surface area (Å²) in [5, 5.41) is 7.55. The van der Waals surface area contributed by atoms with Gasteiger partial charge in [-0.2, -0.15) is 5.10 Å². The third-order valence-corrected chi connectivity index (χ3v) is 5.07. The van der Waals surface area contributed by atoms with E-state index >= 15 is 0 Å². The van der Waals surface area contributed by atoms with Crippen LogP contribution in [0.25, 0.3) is 39.5 Å². The molecule has 0 bridgehead atoms. The van der Waals surface area contributed by atoms with Crippen molar-refractivity contribution in [3.63, 3.8) is 0 Å². The molecule has 6 heteroatoms. The van der Waals surface area contributed by atoms with Crippen molar-refractivity contribution in [2.24, 2.45) is 0 Å². The lowest BCUT2D eigenvalue weighted by Crippen LogP contribution is -1.90. The van der Waals surface area contributed by atoms with Crippen molar-refractivity contribution < 1.29 is 0 Å². The molecule has 32 heavy (non-hydrogen) atoms. The second-order valence-electron chi connectivity index (χ2n) is 7.05. The standard InChI is InChI=1S/C24H20N6.C2H6/c1-3-8-17(16-9-4-5-10-16)21-15(2)26-24(28-21)23-22-20(29-30-23)13-12-19(27-22)18-11-6-7-14-25-18;1-2/h3-4,6-14H,1,5H2,2H3,(H,26,28)(H,29,30);1-2H3/b17-8-;. The highest BCUT2D eigenvalue weighted by Crippen LogP contribution is 2.32. The molecule has 1 aliphatic carbocycles. The van der Waals surface area contributed by atoms with E-state index in [1.165, 1.54) is 0 Å². The summed E-state index contributed by atoms with van der Waals surface area (Å²) in [6.45, 7) is 9.88. The molecule has 0 fully saturated rings. The topological polar surface area (TPSA) is 83.1 Å². The van der Waals surface area contributed by atoms with Gasteiger partial charge in [-0.3, -0.25) is 10.1 Å². The van der Waals surface area contributed by atoms with Gasteiger partial charge in [0.1, 0.15) is 5.52 Å². The number of hydrogen-bond acceptors (Lipinski definition) is 4. The number of nitrogens with zero attached hydrogens (tertiary/aromatic N) is 4. The van der Waals surface area contributed by atoms with Gasteiger partial charge in [-0.05, 0) is 43.2 Å². The summed E-state index contributed by atoms with van der Waals surface area (Å²) in [7, 11) is 0. The molecule has 4 heterocycles. The first-order valence-corrected chi connectivity index (χ1v) is 10.8. The van der Waals surface area contributed by atoms with Crippen LogP contribution in [0.15, 0.2) is 79.1 Å². The molecule has 4 aromatic rings. The number of fused-ring (bicyclic) bond motifs is 1. The quantitative estimate of drug-likeness (QED) is 0.375. The molecule has 2 N–H and O–H groups in total. The lowest BCUT2D eigenvalue weighted by atomic mass is 10.0. The van der Waals surface area contributed by atoms with Crippen molar-refractivity contribution in [2.75, 3.05) is 0 Å². The van der Waals surface area contributed by atoms with Crippen LogP contribution >= 0.6 is 0 Å². The molecule has 6 nitrogen and oxygen atoms in total. The Balaban J connectivity index is 0.00000119.